The Morgan fingerprint density at radius 3 is 2.42 bits per heavy atom. The third-order valence-electron chi connectivity index (χ3n) is 3.74. The van der Waals surface area contributed by atoms with Crippen molar-refractivity contribution >= 4 is 17.4 Å². The molecule has 0 atom stereocenters. The van der Waals surface area contributed by atoms with Crippen LogP contribution in [0.3, 0.4) is 0 Å². The number of carbonyl (C=O) groups excluding carboxylic acids is 1. The summed E-state index contributed by atoms with van der Waals surface area (Å²) in [5.41, 5.74) is 4.74. The van der Waals surface area contributed by atoms with Crippen molar-refractivity contribution in [1.29, 1.82) is 0 Å². The summed E-state index contributed by atoms with van der Waals surface area (Å²) in [7, 11) is 1.57. The molecule has 0 aliphatic carbocycles. The van der Waals surface area contributed by atoms with Gasteiger partial charge in [0.25, 0.3) is 5.56 Å². The van der Waals surface area contributed by atoms with Crippen LogP contribution in [0.4, 0.5) is 11.5 Å². The zero-order chi connectivity index (χ0) is 20.1. The molecule has 0 saturated heterocycles. The highest BCUT2D eigenvalue weighted by molar-refractivity contribution is 5.95. The van der Waals surface area contributed by atoms with Crippen LogP contribution in [0.2, 0.25) is 0 Å². The van der Waals surface area contributed by atoms with Gasteiger partial charge in [0, 0.05) is 33.2 Å². The Morgan fingerprint density at radius 1 is 1.31 bits per heavy atom. The van der Waals surface area contributed by atoms with Crippen LogP contribution in [-0.4, -0.2) is 35.7 Å². The molecule has 0 aromatic carbocycles. The summed E-state index contributed by atoms with van der Waals surface area (Å²) in [5.74, 6) is -0.0337. The molecule has 3 N–H and O–H groups in total. The van der Waals surface area contributed by atoms with Crippen molar-refractivity contribution in [1.82, 2.24) is 9.55 Å². The summed E-state index contributed by atoms with van der Waals surface area (Å²) >= 11 is 0. The number of anilines is 2. The molecule has 26 heavy (non-hydrogen) atoms. The van der Waals surface area contributed by atoms with Crippen LogP contribution in [-0.2, 0) is 16.1 Å². The lowest BCUT2D eigenvalue weighted by Gasteiger charge is -2.28. The maximum absolute atomic E-state index is 12.9. The normalized spacial score (nSPS) is 11.8. The van der Waals surface area contributed by atoms with E-state index in [1.807, 2.05) is 34.6 Å². The van der Waals surface area contributed by atoms with Gasteiger partial charge in [-0.25, -0.2) is 4.79 Å². The Bertz CT molecular complexity index is 728. The Balaban J connectivity index is 3.42. The first-order valence-electron chi connectivity index (χ1n) is 8.89. The molecule has 1 heterocycles. The lowest BCUT2D eigenvalue weighted by molar-refractivity contribution is -0.120. The highest BCUT2D eigenvalue weighted by atomic mass is 16.5. The molecule has 1 aromatic rings. The second-order valence-electron chi connectivity index (χ2n) is 8.13. The number of nitrogens with zero attached hydrogens (tertiary/aromatic N) is 2. The smallest absolute Gasteiger partial charge is 0.330 e. The number of aromatic amines is 1. The number of hydrogen-bond acceptors (Lipinski definition) is 5. The lowest BCUT2D eigenvalue weighted by atomic mass is 9.91. The fraction of sp³-hybridized carbons (Fsp3) is 0.722. The van der Waals surface area contributed by atoms with Crippen LogP contribution in [0.25, 0.3) is 0 Å². The Labute approximate surface area is 154 Å². The lowest BCUT2D eigenvalue weighted by Crippen LogP contribution is -2.43. The van der Waals surface area contributed by atoms with E-state index in [4.69, 9.17) is 10.5 Å². The molecule has 0 saturated carbocycles. The number of rotatable bonds is 8. The summed E-state index contributed by atoms with van der Waals surface area (Å²) in [4.78, 5) is 41.1. The van der Waals surface area contributed by atoms with Crippen LogP contribution in [0.5, 0.6) is 0 Å². The van der Waals surface area contributed by atoms with Gasteiger partial charge in [-0.3, -0.25) is 19.1 Å². The molecule has 0 bridgehead atoms. The first-order chi connectivity index (χ1) is 12.0. The van der Waals surface area contributed by atoms with Crippen molar-refractivity contribution in [3.63, 3.8) is 0 Å². The summed E-state index contributed by atoms with van der Waals surface area (Å²) in [5, 5.41) is 0. The predicted octanol–water partition coefficient (Wildman–Crippen LogP) is 1.58. The SMILES string of the molecule is COCCCN(C(=O)CC(C)(C)C)c1c(N)n(CC(C)C)c(=O)[nH]c1=O. The Hall–Kier alpha value is -2.09. The van der Waals surface area contributed by atoms with Crippen LogP contribution in [0.1, 0.15) is 47.5 Å². The van der Waals surface area contributed by atoms with Gasteiger partial charge in [0.05, 0.1) is 0 Å². The third-order valence-corrected chi connectivity index (χ3v) is 3.74. The molecular formula is C18H32N4O4. The molecule has 0 fully saturated rings. The highest BCUT2D eigenvalue weighted by Gasteiger charge is 2.27. The molecule has 1 rings (SSSR count). The molecular weight excluding hydrogens is 336 g/mol. The van der Waals surface area contributed by atoms with Crippen LogP contribution >= 0.6 is 0 Å². The second kappa shape index (κ2) is 9.02. The minimum Gasteiger partial charge on any atom is -0.385 e. The highest BCUT2D eigenvalue weighted by Crippen LogP contribution is 2.24. The van der Waals surface area contributed by atoms with E-state index in [2.05, 4.69) is 4.98 Å². The van der Waals surface area contributed by atoms with Crippen LogP contribution in [0.15, 0.2) is 9.59 Å². The summed E-state index contributed by atoms with van der Waals surface area (Å²) < 4.78 is 6.37. The van der Waals surface area contributed by atoms with Crippen molar-refractivity contribution in [3.05, 3.63) is 20.8 Å². The van der Waals surface area contributed by atoms with E-state index in [0.717, 1.165) is 0 Å². The number of carbonyl (C=O) groups is 1. The topological polar surface area (TPSA) is 110 Å². The number of aromatic nitrogens is 2. The molecule has 0 radical (unpaired) electrons. The minimum absolute atomic E-state index is 0.0205. The zero-order valence-corrected chi connectivity index (χ0v) is 16.7. The van der Waals surface area contributed by atoms with Gasteiger partial charge in [-0.2, -0.15) is 0 Å². The maximum atomic E-state index is 12.9. The van der Waals surface area contributed by atoms with Gasteiger partial charge in [-0.1, -0.05) is 34.6 Å². The van der Waals surface area contributed by atoms with E-state index in [0.29, 0.717) is 19.6 Å². The third kappa shape index (κ3) is 6.01. The van der Waals surface area contributed by atoms with E-state index < -0.39 is 11.2 Å². The molecule has 0 aliphatic heterocycles. The molecule has 0 aliphatic rings. The minimum atomic E-state index is -0.646. The van der Waals surface area contributed by atoms with Crippen LogP contribution < -0.4 is 21.9 Å². The fourth-order valence-electron chi connectivity index (χ4n) is 2.66. The quantitative estimate of drug-likeness (QED) is 0.677. The summed E-state index contributed by atoms with van der Waals surface area (Å²) in [6.07, 6.45) is 0.802. The van der Waals surface area contributed by atoms with Crippen LogP contribution in [0, 0.1) is 11.3 Å². The van der Waals surface area contributed by atoms with Crippen molar-refractivity contribution in [3.8, 4) is 0 Å². The summed E-state index contributed by atoms with van der Waals surface area (Å²) in [6, 6.07) is 0. The maximum Gasteiger partial charge on any atom is 0.330 e. The number of hydrogen-bond donors (Lipinski definition) is 2. The monoisotopic (exact) mass is 368 g/mol. The largest absolute Gasteiger partial charge is 0.385 e. The van der Waals surface area contributed by atoms with E-state index in [-0.39, 0.29) is 41.7 Å². The standard InChI is InChI=1S/C18H32N4O4/c1-12(2)11-22-15(19)14(16(24)20-17(22)25)21(8-7-9-26-6)13(23)10-18(3,4)5/h12H,7-11,19H2,1-6H3,(H,20,24,25). The second-order valence-corrected chi connectivity index (χ2v) is 8.13. The van der Waals surface area contributed by atoms with Gasteiger partial charge >= 0.3 is 5.69 Å². The molecule has 8 nitrogen and oxygen atoms in total. The molecule has 0 unspecified atom stereocenters. The zero-order valence-electron chi connectivity index (χ0n) is 16.7. The predicted molar refractivity (Wildman–Crippen MR) is 103 cm³/mol. The van der Waals surface area contributed by atoms with Crippen molar-refractivity contribution in [2.45, 2.75) is 54.0 Å². The molecule has 1 amide bonds. The van der Waals surface area contributed by atoms with Gasteiger partial charge in [-0.15, -0.1) is 0 Å². The first kappa shape index (κ1) is 22.0. The first-order valence-corrected chi connectivity index (χ1v) is 8.89. The van der Waals surface area contributed by atoms with E-state index in [1.165, 1.54) is 9.47 Å². The van der Waals surface area contributed by atoms with Gasteiger partial charge < -0.3 is 15.4 Å². The average molecular weight is 368 g/mol. The summed E-state index contributed by atoms with van der Waals surface area (Å²) in [6.45, 7) is 10.8. The Morgan fingerprint density at radius 2 is 1.92 bits per heavy atom. The van der Waals surface area contributed by atoms with Gasteiger partial charge in [0.2, 0.25) is 5.91 Å². The van der Waals surface area contributed by atoms with Gasteiger partial charge in [0.1, 0.15) is 5.82 Å². The van der Waals surface area contributed by atoms with E-state index >= 15 is 0 Å². The molecule has 148 valence electrons. The number of ether oxygens (including phenoxy) is 1. The van der Waals surface area contributed by atoms with E-state index in [1.54, 1.807) is 7.11 Å². The van der Waals surface area contributed by atoms with E-state index in [9.17, 15) is 14.4 Å². The Kier molecular flexibility index (Phi) is 7.62. The number of nitrogens with two attached hydrogens (primary N) is 1. The molecule has 8 heteroatoms. The number of amides is 1. The fourth-order valence-corrected chi connectivity index (χ4v) is 2.66. The van der Waals surface area contributed by atoms with Crippen molar-refractivity contribution in [2.24, 2.45) is 11.3 Å². The molecule has 1 aromatic heterocycles. The van der Waals surface area contributed by atoms with Gasteiger partial charge in [-0.05, 0) is 17.8 Å². The molecule has 0 spiro atoms. The van der Waals surface area contributed by atoms with Crippen molar-refractivity contribution < 1.29 is 9.53 Å². The number of H-pyrrole nitrogens is 1. The van der Waals surface area contributed by atoms with Crippen molar-refractivity contribution in [2.75, 3.05) is 30.9 Å². The average Bonchev–Trinajstić information content (AvgIpc) is 2.47. The number of nitrogens with one attached hydrogen (secondary N) is 1. The number of nitrogen functional groups attached to an aromatic ring is 1. The van der Waals surface area contributed by atoms with Gasteiger partial charge in [0.15, 0.2) is 5.69 Å². The number of methoxy groups -OCH3 is 1.